The lowest BCUT2D eigenvalue weighted by molar-refractivity contribution is 0.0954. The van der Waals surface area contributed by atoms with E-state index in [0.29, 0.717) is 5.49 Å². The average Bonchev–Trinajstić information content (AvgIpc) is 2.62. The second-order valence-corrected chi connectivity index (χ2v) is 8.96. The van der Waals surface area contributed by atoms with Crippen molar-refractivity contribution in [1.82, 2.24) is 4.57 Å². The number of nitrogens with zero attached hydrogens (tertiary/aromatic N) is 2. The number of sulfone groups is 1. The first-order chi connectivity index (χ1) is 12.4. The van der Waals surface area contributed by atoms with Crippen LogP contribution in [0, 0.1) is 0 Å². The molecule has 0 amide bonds. The number of rotatable bonds is 3. The number of hydrogen-bond donors (Lipinski definition) is 0. The van der Waals surface area contributed by atoms with E-state index in [4.69, 9.17) is 16.6 Å². The number of carbonyl (C=O) groups excluding carboxylic acids is 1. The third kappa shape index (κ3) is 4.24. The van der Waals surface area contributed by atoms with E-state index in [1.54, 1.807) is 18.3 Å². The zero-order valence-electron chi connectivity index (χ0n) is 14.6. The largest absolute Gasteiger partial charge is 0.268 e. The van der Waals surface area contributed by atoms with Gasteiger partial charge in [0.25, 0.3) is 5.91 Å². The Bertz CT molecular complexity index is 990. The van der Waals surface area contributed by atoms with Crippen molar-refractivity contribution < 1.29 is 13.2 Å². The van der Waals surface area contributed by atoms with Crippen LogP contribution in [0.1, 0.15) is 42.5 Å². The lowest BCUT2D eigenvalue weighted by Gasteiger charge is -2.17. The van der Waals surface area contributed by atoms with Gasteiger partial charge in [-0.05, 0) is 43.2 Å². The van der Waals surface area contributed by atoms with Crippen molar-refractivity contribution in [2.45, 2.75) is 43.0 Å². The van der Waals surface area contributed by atoms with Crippen LogP contribution in [-0.2, 0) is 9.84 Å². The fourth-order valence-corrected chi connectivity index (χ4v) is 4.47. The summed E-state index contributed by atoms with van der Waals surface area (Å²) in [4.78, 5) is 17.7. The minimum Gasteiger partial charge on any atom is -0.268 e. The molecule has 0 spiro atoms. The van der Waals surface area contributed by atoms with Crippen LogP contribution in [-0.4, -0.2) is 31.2 Å². The minimum absolute atomic E-state index is 0.0488. The fourth-order valence-electron chi connectivity index (χ4n) is 3.17. The Labute approximate surface area is 158 Å². The smallest absolute Gasteiger partial charge is 0.263 e. The SMILES string of the molecule is CS(=O)(=O)c1cc(C(=O)n2ccccc2=NC2CCCCC2)ccc1Cl. The number of aromatic nitrogens is 1. The fraction of sp³-hybridized carbons (Fsp3) is 0.368. The average molecular weight is 393 g/mol. The molecule has 0 bridgehead atoms. The van der Waals surface area contributed by atoms with Gasteiger partial charge in [0.05, 0.1) is 16.0 Å². The number of carbonyl (C=O) groups is 1. The summed E-state index contributed by atoms with van der Waals surface area (Å²) in [6, 6.07) is 9.92. The van der Waals surface area contributed by atoms with Gasteiger partial charge < -0.3 is 0 Å². The molecule has 0 aliphatic heterocycles. The van der Waals surface area contributed by atoms with Crippen molar-refractivity contribution >= 4 is 27.3 Å². The number of hydrogen-bond acceptors (Lipinski definition) is 4. The van der Waals surface area contributed by atoms with Crippen molar-refractivity contribution in [2.24, 2.45) is 4.99 Å². The van der Waals surface area contributed by atoms with Crippen LogP contribution in [0.3, 0.4) is 0 Å². The molecule has 1 aliphatic rings. The molecule has 0 unspecified atom stereocenters. The summed E-state index contributed by atoms with van der Waals surface area (Å²) in [5.41, 5.74) is 0.839. The van der Waals surface area contributed by atoms with Gasteiger partial charge in [-0.1, -0.05) is 36.9 Å². The molecule has 5 nitrogen and oxygen atoms in total. The van der Waals surface area contributed by atoms with Gasteiger partial charge in [-0.15, -0.1) is 0 Å². The van der Waals surface area contributed by atoms with Crippen LogP contribution >= 0.6 is 11.6 Å². The van der Waals surface area contributed by atoms with Gasteiger partial charge in [0.15, 0.2) is 9.84 Å². The third-order valence-corrected chi connectivity index (χ3v) is 6.10. The highest BCUT2D eigenvalue weighted by molar-refractivity contribution is 7.90. The van der Waals surface area contributed by atoms with E-state index >= 15 is 0 Å². The summed E-state index contributed by atoms with van der Waals surface area (Å²) >= 11 is 5.98. The van der Waals surface area contributed by atoms with Crippen LogP contribution in [0.2, 0.25) is 5.02 Å². The molecule has 1 aromatic heterocycles. The Morgan fingerprint density at radius 3 is 2.58 bits per heavy atom. The van der Waals surface area contributed by atoms with Gasteiger partial charge in [-0.25, -0.2) is 8.42 Å². The van der Waals surface area contributed by atoms with E-state index in [-0.39, 0.29) is 27.4 Å². The summed E-state index contributed by atoms with van der Waals surface area (Å²) < 4.78 is 25.2. The zero-order chi connectivity index (χ0) is 18.7. The van der Waals surface area contributed by atoms with E-state index in [1.165, 1.54) is 29.2 Å². The Kier molecular flexibility index (Phi) is 5.63. The summed E-state index contributed by atoms with van der Waals surface area (Å²) in [5, 5.41) is 0.106. The predicted octanol–water partition coefficient (Wildman–Crippen LogP) is 3.47. The summed E-state index contributed by atoms with van der Waals surface area (Å²) in [7, 11) is -3.52. The summed E-state index contributed by atoms with van der Waals surface area (Å²) in [6.07, 6.45) is 8.33. The first-order valence-corrected chi connectivity index (χ1v) is 10.9. The first kappa shape index (κ1) is 18.9. The molecule has 0 saturated heterocycles. The third-order valence-electron chi connectivity index (χ3n) is 4.52. The Morgan fingerprint density at radius 1 is 1.15 bits per heavy atom. The molecule has 3 rings (SSSR count). The molecule has 26 heavy (non-hydrogen) atoms. The maximum atomic E-state index is 13.0. The monoisotopic (exact) mass is 392 g/mol. The molecule has 138 valence electrons. The second-order valence-electron chi connectivity index (χ2n) is 6.57. The van der Waals surface area contributed by atoms with E-state index in [2.05, 4.69) is 0 Å². The maximum Gasteiger partial charge on any atom is 0.263 e. The lowest BCUT2D eigenvalue weighted by atomic mass is 9.96. The number of benzene rings is 1. The molecule has 0 atom stereocenters. The highest BCUT2D eigenvalue weighted by Gasteiger charge is 2.18. The molecular formula is C19H21ClN2O3S. The molecule has 1 saturated carbocycles. The molecule has 7 heteroatoms. The van der Waals surface area contributed by atoms with Gasteiger partial charge in [0.1, 0.15) is 5.49 Å². The minimum atomic E-state index is -3.52. The molecule has 1 aliphatic carbocycles. The van der Waals surface area contributed by atoms with Gasteiger partial charge >= 0.3 is 0 Å². The molecule has 1 aromatic carbocycles. The maximum absolute atomic E-state index is 13.0. The van der Waals surface area contributed by atoms with E-state index < -0.39 is 9.84 Å². The lowest BCUT2D eigenvalue weighted by Crippen LogP contribution is -2.29. The van der Waals surface area contributed by atoms with Gasteiger partial charge in [0, 0.05) is 18.0 Å². The first-order valence-electron chi connectivity index (χ1n) is 8.62. The van der Waals surface area contributed by atoms with Crippen LogP contribution in [0.4, 0.5) is 0 Å². The number of halogens is 1. The molecule has 0 N–H and O–H groups in total. The molecular weight excluding hydrogens is 372 g/mol. The van der Waals surface area contributed by atoms with Crippen molar-refractivity contribution in [3.8, 4) is 0 Å². The highest BCUT2D eigenvalue weighted by atomic mass is 35.5. The normalized spacial score (nSPS) is 16.6. The van der Waals surface area contributed by atoms with E-state index in [9.17, 15) is 13.2 Å². The predicted molar refractivity (Wildman–Crippen MR) is 101 cm³/mol. The van der Waals surface area contributed by atoms with Crippen molar-refractivity contribution in [3.63, 3.8) is 0 Å². The van der Waals surface area contributed by atoms with Crippen LogP contribution in [0.15, 0.2) is 52.5 Å². The molecule has 1 fully saturated rings. The van der Waals surface area contributed by atoms with Gasteiger partial charge in [-0.2, -0.15) is 0 Å². The summed E-state index contributed by atoms with van der Waals surface area (Å²) in [6.45, 7) is 0. The molecule has 0 radical (unpaired) electrons. The van der Waals surface area contributed by atoms with Crippen LogP contribution in [0.25, 0.3) is 0 Å². The Morgan fingerprint density at radius 2 is 1.88 bits per heavy atom. The Balaban J connectivity index is 2.03. The highest BCUT2D eigenvalue weighted by Crippen LogP contribution is 2.23. The van der Waals surface area contributed by atoms with Crippen LogP contribution < -0.4 is 5.49 Å². The zero-order valence-corrected chi connectivity index (χ0v) is 16.1. The van der Waals surface area contributed by atoms with Crippen LogP contribution in [0.5, 0.6) is 0 Å². The van der Waals surface area contributed by atoms with E-state index in [1.807, 2.05) is 6.07 Å². The van der Waals surface area contributed by atoms with Crippen molar-refractivity contribution in [3.05, 3.63) is 58.7 Å². The van der Waals surface area contributed by atoms with Gasteiger partial charge in [-0.3, -0.25) is 14.4 Å². The molecule has 1 heterocycles. The quantitative estimate of drug-likeness (QED) is 0.803. The van der Waals surface area contributed by atoms with Crippen molar-refractivity contribution in [1.29, 1.82) is 0 Å². The van der Waals surface area contributed by atoms with E-state index in [0.717, 1.165) is 31.9 Å². The molecule has 2 aromatic rings. The van der Waals surface area contributed by atoms with Gasteiger partial charge in [0.2, 0.25) is 0 Å². The standard InChI is InChI=1S/C19H21ClN2O3S/c1-26(24,25)17-13-14(10-11-16(17)20)19(23)22-12-6-5-9-18(22)21-15-7-3-2-4-8-15/h5-6,9-13,15H,2-4,7-8H2,1H3. The summed E-state index contributed by atoms with van der Waals surface area (Å²) in [5.74, 6) is -0.332. The van der Waals surface area contributed by atoms with Crippen molar-refractivity contribution in [2.75, 3.05) is 6.26 Å². The number of pyridine rings is 1. The second kappa shape index (κ2) is 7.76. The topological polar surface area (TPSA) is 68.5 Å². The Hall–Kier alpha value is -1.92.